The van der Waals surface area contributed by atoms with E-state index in [0.29, 0.717) is 5.75 Å². The molecule has 1 heterocycles. The van der Waals surface area contributed by atoms with Gasteiger partial charge in [0.25, 0.3) is 0 Å². The number of carbonyl (C=O) groups is 1. The maximum atomic E-state index is 10.9. The number of carboxylic acid groups (broad SMARTS) is 1. The second-order valence-electron chi connectivity index (χ2n) is 4.34. The predicted octanol–water partition coefficient (Wildman–Crippen LogP) is 1.69. The van der Waals surface area contributed by atoms with Crippen molar-refractivity contribution < 1.29 is 19.4 Å². The predicted molar refractivity (Wildman–Crippen MR) is 60.3 cm³/mol. The zero-order chi connectivity index (χ0) is 11.8. The number of nitrogens with one attached hydrogen (secondary N) is 1. The molecule has 1 aromatic carbocycles. The van der Waals surface area contributed by atoms with Gasteiger partial charge in [-0.1, -0.05) is 0 Å². The van der Waals surface area contributed by atoms with Crippen LogP contribution in [0.4, 0.5) is 5.69 Å². The van der Waals surface area contributed by atoms with Gasteiger partial charge in [0.2, 0.25) is 6.79 Å². The summed E-state index contributed by atoms with van der Waals surface area (Å²) in [5, 5.41) is 12.2. The number of aliphatic carboxylic acids is 1. The van der Waals surface area contributed by atoms with Crippen molar-refractivity contribution in [1.82, 2.24) is 0 Å². The Morgan fingerprint density at radius 1 is 1.29 bits per heavy atom. The number of hydrogen-bond donors (Lipinski definition) is 2. The quantitative estimate of drug-likeness (QED) is 0.834. The lowest BCUT2D eigenvalue weighted by Crippen LogP contribution is -2.42. The summed E-state index contributed by atoms with van der Waals surface area (Å²) in [5.74, 6) is 0.440. The van der Waals surface area contributed by atoms with E-state index in [4.69, 9.17) is 14.6 Å². The van der Waals surface area contributed by atoms with E-state index in [1.54, 1.807) is 0 Å². The van der Waals surface area contributed by atoms with Gasteiger partial charge >= 0.3 is 5.97 Å². The first-order valence-electron chi connectivity index (χ1n) is 5.63. The summed E-state index contributed by atoms with van der Waals surface area (Å²) in [6.07, 6.45) is 1.64. The van der Waals surface area contributed by atoms with Crippen LogP contribution < -0.4 is 14.8 Å². The third-order valence-electron chi connectivity index (χ3n) is 3.32. The van der Waals surface area contributed by atoms with E-state index >= 15 is 0 Å². The van der Waals surface area contributed by atoms with Gasteiger partial charge in [-0.3, -0.25) is 4.79 Å². The Balaban J connectivity index is 1.71. The van der Waals surface area contributed by atoms with Gasteiger partial charge in [0.1, 0.15) is 0 Å². The number of hydrogen-bond acceptors (Lipinski definition) is 4. The molecule has 5 heteroatoms. The highest BCUT2D eigenvalue weighted by Gasteiger charge is 2.36. The smallest absolute Gasteiger partial charge is 0.308 e. The van der Waals surface area contributed by atoms with Crippen LogP contribution in [0.25, 0.3) is 0 Å². The average molecular weight is 235 g/mol. The Kier molecular flexibility index (Phi) is 2.31. The lowest BCUT2D eigenvalue weighted by atomic mass is 9.79. The molecule has 2 aliphatic rings. The van der Waals surface area contributed by atoms with Gasteiger partial charge in [-0.25, -0.2) is 0 Å². The Morgan fingerprint density at radius 3 is 2.82 bits per heavy atom. The molecule has 5 nitrogen and oxygen atoms in total. The fourth-order valence-corrected chi connectivity index (χ4v) is 2.17. The van der Waals surface area contributed by atoms with E-state index < -0.39 is 5.97 Å². The van der Waals surface area contributed by atoms with Crippen molar-refractivity contribution in [3.63, 3.8) is 0 Å². The molecule has 1 saturated carbocycles. The van der Waals surface area contributed by atoms with Crippen molar-refractivity contribution in [2.24, 2.45) is 5.92 Å². The molecule has 1 aliphatic carbocycles. The highest BCUT2D eigenvalue weighted by Crippen LogP contribution is 2.36. The Bertz CT molecular complexity index is 460. The monoisotopic (exact) mass is 235 g/mol. The van der Waals surface area contributed by atoms with Crippen LogP contribution in [0.15, 0.2) is 18.2 Å². The van der Waals surface area contributed by atoms with Gasteiger partial charge in [-0.2, -0.15) is 0 Å². The normalized spacial score (nSPS) is 25.2. The van der Waals surface area contributed by atoms with Crippen molar-refractivity contribution in [2.75, 3.05) is 12.1 Å². The SMILES string of the molecule is O=C(O)C1CCC1Nc1ccc2c(c1)OCO2. The number of anilines is 1. The van der Waals surface area contributed by atoms with E-state index in [1.807, 2.05) is 18.2 Å². The lowest BCUT2D eigenvalue weighted by molar-refractivity contribution is -0.144. The third-order valence-corrected chi connectivity index (χ3v) is 3.32. The Morgan fingerprint density at radius 2 is 2.12 bits per heavy atom. The first kappa shape index (κ1) is 10.3. The van der Waals surface area contributed by atoms with E-state index in [0.717, 1.165) is 24.3 Å². The number of rotatable bonds is 3. The number of ether oxygens (including phenoxy) is 2. The van der Waals surface area contributed by atoms with E-state index in [-0.39, 0.29) is 18.8 Å². The van der Waals surface area contributed by atoms with Crippen LogP contribution in [-0.4, -0.2) is 23.9 Å². The highest BCUT2D eigenvalue weighted by molar-refractivity contribution is 5.73. The van der Waals surface area contributed by atoms with Gasteiger partial charge in [0.15, 0.2) is 11.5 Å². The zero-order valence-corrected chi connectivity index (χ0v) is 9.18. The molecule has 2 atom stereocenters. The molecule has 90 valence electrons. The molecule has 1 fully saturated rings. The minimum absolute atomic E-state index is 0.0212. The summed E-state index contributed by atoms with van der Waals surface area (Å²) in [6.45, 7) is 0.250. The fourth-order valence-electron chi connectivity index (χ4n) is 2.17. The largest absolute Gasteiger partial charge is 0.481 e. The van der Waals surface area contributed by atoms with Crippen molar-refractivity contribution >= 4 is 11.7 Å². The molecule has 0 amide bonds. The van der Waals surface area contributed by atoms with Crippen LogP contribution in [0.3, 0.4) is 0 Å². The zero-order valence-electron chi connectivity index (χ0n) is 9.18. The first-order chi connectivity index (χ1) is 8.24. The maximum Gasteiger partial charge on any atom is 0.308 e. The molecule has 1 aliphatic heterocycles. The van der Waals surface area contributed by atoms with Gasteiger partial charge in [0, 0.05) is 17.8 Å². The summed E-state index contributed by atoms with van der Waals surface area (Å²) < 4.78 is 10.5. The van der Waals surface area contributed by atoms with Crippen LogP contribution in [-0.2, 0) is 4.79 Å². The number of fused-ring (bicyclic) bond motifs is 1. The summed E-state index contributed by atoms with van der Waals surface area (Å²) in [5.41, 5.74) is 0.880. The molecule has 0 bridgehead atoms. The van der Waals surface area contributed by atoms with Crippen molar-refractivity contribution in [3.05, 3.63) is 18.2 Å². The van der Waals surface area contributed by atoms with Gasteiger partial charge in [0.05, 0.1) is 5.92 Å². The summed E-state index contributed by atoms with van der Waals surface area (Å²) in [7, 11) is 0. The second kappa shape index (κ2) is 3.84. The molecule has 0 aromatic heterocycles. The van der Waals surface area contributed by atoms with E-state index in [9.17, 15) is 4.79 Å². The summed E-state index contributed by atoms with van der Waals surface area (Å²) >= 11 is 0. The molecule has 3 rings (SSSR count). The van der Waals surface area contributed by atoms with Gasteiger partial charge in [-0.15, -0.1) is 0 Å². The van der Waals surface area contributed by atoms with Crippen LogP contribution in [0.5, 0.6) is 11.5 Å². The van der Waals surface area contributed by atoms with Crippen LogP contribution in [0.1, 0.15) is 12.8 Å². The van der Waals surface area contributed by atoms with Gasteiger partial charge < -0.3 is 19.9 Å². The third kappa shape index (κ3) is 1.77. The Hall–Kier alpha value is -1.91. The average Bonchev–Trinajstić information content (AvgIpc) is 2.70. The van der Waals surface area contributed by atoms with Crippen molar-refractivity contribution in [3.8, 4) is 11.5 Å². The second-order valence-corrected chi connectivity index (χ2v) is 4.34. The van der Waals surface area contributed by atoms with Crippen LogP contribution in [0.2, 0.25) is 0 Å². The minimum atomic E-state index is -0.727. The van der Waals surface area contributed by atoms with Crippen LogP contribution in [0, 0.1) is 5.92 Å². The lowest BCUT2D eigenvalue weighted by Gasteiger charge is -2.34. The van der Waals surface area contributed by atoms with Crippen molar-refractivity contribution in [2.45, 2.75) is 18.9 Å². The molecule has 2 N–H and O–H groups in total. The Labute approximate surface area is 98.3 Å². The van der Waals surface area contributed by atoms with E-state index in [2.05, 4.69) is 5.32 Å². The fraction of sp³-hybridized carbons (Fsp3) is 0.417. The number of benzene rings is 1. The summed E-state index contributed by atoms with van der Waals surface area (Å²) in [6, 6.07) is 5.58. The topological polar surface area (TPSA) is 67.8 Å². The molecular formula is C12H13NO4. The maximum absolute atomic E-state index is 10.9. The van der Waals surface area contributed by atoms with Crippen LogP contribution >= 0.6 is 0 Å². The molecule has 0 radical (unpaired) electrons. The molecule has 17 heavy (non-hydrogen) atoms. The molecule has 0 spiro atoms. The molecule has 1 aromatic rings. The molecule has 0 saturated heterocycles. The molecule has 2 unspecified atom stereocenters. The number of carboxylic acids is 1. The molecular weight excluding hydrogens is 222 g/mol. The van der Waals surface area contributed by atoms with Crippen molar-refractivity contribution in [1.29, 1.82) is 0 Å². The minimum Gasteiger partial charge on any atom is -0.481 e. The van der Waals surface area contributed by atoms with E-state index in [1.165, 1.54) is 0 Å². The highest BCUT2D eigenvalue weighted by atomic mass is 16.7. The summed E-state index contributed by atoms with van der Waals surface area (Å²) in [4.78, 5) is 10.9. The first-order valence-corrected chi connectivity index (χ1v) is 5.63. The van der Waals surface area contributed by atoms with Gasteiger partial charge in [-0.05, 0) is 25.0 Å². The standard InChI is InChI=1S/C12H13NO4/c14-12(15)8-2-3-9(8)13-7-1-4-10-11(5-7)17-6-16-10/h1,4-5,8-9,13H,2-3,6H2,(H,14,15).